The first-order chi connectivity index (χ1) is 5.76. The number of hydrogen-bond acceptors (Lipinski definition) is 1. The predicted molar refractivity (Wildman–Crippen MR) is 55.6 cm³/mol. The lowest BCUT2D eigenvalue weighted by molar-refractivity contribution is -0.113. The summed E-state index contributed by atoms with van der Waals surface area (Å²) in [5.41, 5.74) is 0.505. The van der Waals surface area contributed by atoms with Crippen LogP contribution in [0.25, 0.3) is 0 Å². The fourth-order valence-corrected chi connectivity index (χ4v) is 0.633. The van der Waals surface area contributed by atoms with Crippen LogP contribution in [-0.4, -0.2) is 11.7 Å². The highest BCUT2D eigenvalue weighted by atomic mass is 35.5. The van der Waals surface area contributed by atoms with Gasteiger partial charge in [0.15, 0.2) is 5.78 Å². The van der Waals surface area contributed by atoms with E-state index in [2.05, 4.69) is 13.2 Å². The topological polar surface area (TPSA) is 17.1 Å². The van der Waals surface area contributed by atoms with E-state index in [0.29, 0.717) is 5.57 Å². The van der Waals surface area contributed by atoms with E-state index in [9.17, 15) is 4.79 Å². The lowest BCUT2D eigenvalue weighted by atomic mass is 10.2. The number of ketones is 1. The first-order valence-corrected chi connectivity index (χ1v) is 4.34. The minimum Gasteiger partial charge on any atom is -0.293 e. The zero-order valence-corrected chi connectivity index (χ0v) is 8.40. The molecule has 0 aromatic rings. The first-order valence-electron chi connectivity index (χ1n) is 3.80. The molecule has 0 fully saturated rings. The molecule has 0 bridgehead atoms. The summed E-state index contributed by atoms with van der Waals surface area (Å²) < 4.78 is 0. The first kappa shape index (κ1) is 13.7. The van der Waals surface area contributed by atoms with Gasteiger partial charge >= 0.3 is 0 Å². The molecule has 0 unspecified atom stereocenters. The molecular formula is C10H15ClO. The van der Waals surface area contributed by atoms with E-state index in [1.165, 1.54) is 12.2 Å². The molecule has 0 aromatic heterocycles. The number of allylic oxidation sites excluding steroid dienone is 4. The van der Waals surface area contributed by atoms with Crippen molar-refractivity contribution in [3.63, 3.8) is 0 Å². The highest BCUT2D eigenvalue weighted by molar-refractivity contribution is 6.30. The molecule has 12 heavy (non-hydrogen) atoms. The minimum atomic E-state index is -0.128. The number of hydrogen-bond donors (Lipinski definition) is 0. The molecular weight excluding hydrogens is 172 g/mol. The van der Waals surface area contributed by atoms with Gasteiger partial charge in [-0.25, -0.2) is 0 Å². The summed E-state index contributed by atoms with van der Waals surface area (Å²) in [6.07, 6.45) is 4.57. The number of Topliss-reactive ketones (excluding diaryl/α,β-unsaturated/α-hetero) is 1. The lowest BCUT2D eigenvalue weighted by Gasteiger charge is -1.92. The summed E-state index contributed by atoms with van der Waals surface area (Å²) in [4.78, 5) is 10.8. The lowest BCUT2D eigenvalue weighted by Crippen LogP contribution is -2.00. The average molecular weight is 187 g/mol. The molecule has 0 saturated heterocycles. The Hall–Kier alpha value is -0.820. The van der Waals surface area contributed by atoms with Gasteiger partial charge in [0.25, 0.3) is 0 Å². The summed E-state index contributed by atoms with van der Waals surface area (Å²) in [5.74, 6) is -0.136. The molecule has 0 aliphatic carbocycles. The van der Waals surface area contributed by atoms with Crippen LogP contribution in [0.3, 0.4) is 0 Å². The average Bonchev–Trinajstić information content (AvgIpc) is 2.16. The van der Waals surface area contributed by atoms with Crippen LogP contribution in [0, 0.1) is 0 Å². The highest BCUT2D eigenvalue weighted by Gasteiger charge is 2.00. The van der Waals surface area contributed by atoms with Gasteiger partial charge in [-0.2, -0.15) is 0 Å². The van der Waals surface area contributed by atoms with Gasteiger partial charge in [0.2, 0.25) is 0 Å². The number of carbonyl (C=O) groups excluding carboxylic acids is 1. The third kappa shape index (κ3) is 5.93. The fraction of sp³-hybridized carbons (Fsp3) is 0.300. The van der Waals surface area contributed by atoms with Gasteiger partial charge in [0, 0.05) is 5.57 Å². The number of halogens is 1. The minimum absolute atomic E-state index is 0.00824. The van der Waals surface area contributed by atoms with Crippen molar-refractivity contribution < 1.29 is 4.79 Å². The van der Waals surface area contributed by atoms with E-state index >= 15 is 0 Å². The van der Waals surface area contributed by atoms with Crippen molar-refractivity contribution in [3.8, 4) is 0 Å². The number of rotatable bonds is 4. The zero-order valence-electron chi connectivity index (χ0n) is 7.64. The van der Waals surface area contributed by atoms with Gasteiger partial charge in [0.1, 0.15) is 0 Å². The molecule has 0 aliphatic heterocycles. The van der Waals surface area contributed by atoms with Crippen LogP contribution in [0.5, 0.6) is 0 Å². The van der Waals surface area contributed by atoms with Crippen molar-refractivity contribution in [2.45, 2.75) is 13.8 Å². The summed E-state index contributed by atoms with van der Waals surface area (Å²) >= 11 is 5.29. The van der Waals surface area contributed by atoms with E-state index in [1.54, 1.807) is 6.08 Å². The van der Waals surface area contributed by atoms with Crippen molar-refractivity contribution >= 4 is 17.4 Å². The van der Waals surface area contributed by atoms with Crippen LogP contribution < -0.4 is 0 Å². The largest absolute Gasteiger partial charge is 0.293 e. The van der Waals surface area contributed by atoms with Gasteiger partial charge in [-0.1, -0.05) is 45.2 Å². The smallest absolute Gasteiger partial charge is 0.177 e. The Bertz CT molecular complexity index is 180. The number of carbonyl (C=O) groups is 1. The summed E-state index contributed by atoms with van der Waals surface area (Å²) in [5, 5.41) is 0. The second kappa shape index (κ2) is 10.2. The van der Waals surface area contributed by atoms with E-state index in [-0.39, 0.29) is 11.7 Å². The van der Waals surface area contributed by atoms with Crippen molar-refractivity contribution in [1.29, 1.82) is 0 Å². The van der Waals surface area contributed by atoms with E-state index in [4.69, 9.17) is 11.6 Å². The molecule has 1 nitrogen and oxygen atoms in total. The molecule has 0 saturated carbocycles. The van der Waals surface area contributed by atoms with E-state index in [0.717, 1.165) is 0 Å². The molecule has 0 amide bonds. The fourth-order valence-electron chi connectivity index (χ4n) is 0.479. The molecule has 68 valence electrons. The molecule has 0 rings (SSSR count). The molecule has 0 spiro atoms. The summed E-state index contributed by atoms with van der Waals surface area (Å²) in [7, 11) is 0. The highest BCUT2D eigenvalue weighted by Crippen LogP contribution is 1.99. The van der Waals surface area contributed by atoms with Crippen LogP contribution in [0.2, 0.25) is 0 Å². The second-order valence-electron chi connectivity index (χ2n) is 1.62. The van der Waals surface area contributed by atoms with Crippen LogP contribution in [0.1, 0.15) is 13.8 Å². The SMILES string of the molecule is C=C/C=C(\C=C)C(=O)CCl.CC. The van der Waals surface area contributed by atoms with Crippen LogP contribution in [0.4, 0.5) is 0 Å². The van der Waals surface area contributed by atoms with Crippen LogP contribution >= 0.6 is 11.6 Å². The molecule has 0 N–H and O–H groups in total. The van der Waals surface area contributed by atoms with E-state index < -0.39 is 0 Å². The summed E-state index contributed by atoms with van der Waals surface area (Å²) in [6.45, 7) is 10.9. The Labute approximate surface area is 79.4 Å². The Morgan fingerprint density at radius 2 is 1.92 bits per heavy atom. The molecule has 0 aliphatic rings. The molecule has 0 heterocycles. The third-order valence-electron chi connectivity index (χ3n) is 0.961. The zero-order chi connectivity index (χ0) is 9.98. The van der Waals surface area contributed by atoms with Gasteiger partial charge in [-0.3, -0.25) is 4.79 Å². The van der Waals surface area contributed by atoms with Gasteiger partial charge in [0.05, 0.1) is 5.88 Å². The molecule has 0 radical (unpaired) electrons. The van der Waals surface area contributed by atoms with Crippen molar-refractivity contribution in [3.05, 3.63) is 37.0 Å². The third-order valence-corrected chi connectivity index (χ3v) is 1.20. The van der Waals surface area contributed by atoms with Gasteiger partial charge < -0.3 is 0 Å². The van der Waals surface area contributed by atoms with E-state index in [1.807, 2.05) is 13.8 Å². The quantitative estimate of drug-likeness (QED) is 0.375. The van der Waals surface area contributed by atoms with Crippen molar-refractivity contribution in [2.24, 2.45) is 0 Å². The standard InChI is InChI=1S/C8H9ClO.C2H6/c1-3-5-7(4-2)8(10)6-9;1-2/h3-5H,1-2,6H2;1-2H3/b7-5+;. The monoisotopic (exact) mass is 186 g/mol. The predicted octanol–water partition coefficient (Wildman–Crippen LogP) is 3.12. The Morgan fingerprint density at radius 3 is 2.17 bits per heavy atom. The maximum Gasteiger partial charge on any atom is 0.177 e. The number of alkyl halides is 1. The van der Waals surface area contributed by atoms with Crippen LogP contribution in [0.15, 0.2) is 37.0 Å². The summed E-state index contributed by atoms with van der Waals surface area (Å²) in [6, 6.07) is 0. The Morgan fingerprint density at radius 1 is 1.42 bits per heavy atom. The van der Waals surface area contributed by atoms with Crippen molar-refractivity contribution in [2.75, 3.05) is 5.88 Å². The van der Waals surface area contributed by atoms with Crippen LogP contribution in [-0.2, 0) is 4.79 Å². The Kier molecular flexibility index (Phi) is 11.7. The normalized spacial score (nSPS) is 9.42. The molecule has 0 aromatic carbocycles. The molecule has 2 heteroatoms. The maximum absolute atomic E-state index is 10.8. The van der Waals surface area contributed by atoms with Gasteiger partial charge in [-0.15, -0.1) is 11.6 Å². The second-order valence-corrected chi connectivity index (χ2v) is 1.89. The molecule has 0 atom stereocenters. The van der Waals surface area contributed by atoms with Gasteiger partial charge in [-0.05, 0) is 0 Å². The maximum atomic E-state index is 10.8. The van der Waals surface area contributed by atoms with Crippen molar-refractivity contribution in [1.82, 2.24) is 0 Å². The Balaban J connectivity index is 0.